The van der Waals surface area contributed by atoms with Crippen molar-refractivity contribution in [2.45, 2.75) is 6.92 Å². The number of aromatic nitrogens is 1. The van der Waals surface area contributed by atoms with Gasteiger partial charge in [0.25, 0.3) is 5.69 Å². The number of nitro groups is 1. The number of pyridine rings is 1. The van der Waals surface area contributed by atoms with E-state index < -0.39 is 4.92 Å². The Balaban J connectivity index is 2.61. The van der Waals surface area contributed by atoms with Crippen molar-refractivity contribution in [3.8, 4) is 0 Å². The Bertz CT molecular complexity index is 384. The van der Waals surface area contributed by atoms with Crippen molar-refractivity contribution >= 4 is 17.7 Å². The fourth-order valence-corrected chi connectivity index (χ4v) is 0.793. The molecule has 1 heterocycles. The maximum Gasteiger partial charge on any atom is 0.287 e. The summed E-state index contributed by atoms with van der Waals surface area (Å²) in [4.78, 5) is 13.6. The van der Waals surface area contributed by atoms with Gasteiger partial charge in [-0.2, -0.15) is 5.10 Å². The molecule has 6 heteroatoms. The predicted molar refractivity (Wildman–Crippen MR) is 57.8 cm³/mol. The van der Waals surface area contributed by atoms with Gasteiger partial charge in [0.1, 0.15) is 12.0 Å². The lowest BCUT2D eigenvalue weighted by atomic mass is 10.4. The first-order valence-corrected chi connectivity index (χ1v) is 4.25. The summed E-state index contributed by atoms with van der Waals surface area (Å²) < 4.78 is 0. The van der Waals surface area contributed by atoms with Crippen molar-refractivity contribution in [3.05, 3.63) is 40.6 Å². The van der Waals surface area contributed by atoms with Crippen LogP contribution in [0.3, 0.4) is 0 Å². The molecule has 0 spiro atoms. The van der Waals surface area contributed by atoms with Crippen molar-refractivity contribution in [1.29, 1.82) is 0 Å². The van der Waals surface area contributed by atoms with Gasteiger partial charge in [0.2, 0.25) is 0 Å². The van der Waals surface area contributed by atoms with Gasteiger partial charge >= 0.3 is 0 Å². The lowest BCUT2D eigenvalue weighted by Gasteiger charge is -1.96. The second-order valence-corrected chi connectivity index (χ2v) is 2.57. The molecule has 0 atom stereocenters. The highest BCUT2D eigenvalue weighted by atomic mass is 16.6. The van der Waals surface area contributed by atoms with Crippen LogP contribution in [0.25, 0.3) is 0 Å². The minimum Gasteiger partial charge on any atom is -0.261 e. The molecule has 1 aromatic rings. The number of nitrogens with zero attached hydrogens (tertiary/aromatic N) is 3. The maximum atomic E-state index is 10.3. The number of hydrogen-bond donors (Lipinski definition) is 1. The lowest BCUT2D eigenvalue weighted by molar-refractivity contribution is -0.385. The van der Waals surface area contributed by atoms with Crippen molar-refractivity contribution < 1.29 is 4.92 Å². The van der Waals surface area contributed by atoms with Crippen LogP contribution in [0.5, 0.6) is 0 Å². The van der Waals surface area contributed by atoms with Gasteiger partial charge < -0.3 is 0 Å². The highest BCUT2D eigenvalue weighted by Crippen LogP contribution is 2.11. The fourth-order valence-electron chi connectivity index (χ4n) is 0.793. The smallest absolute Gasteiger partial charge is 0.261 e. The summed E-state index contributed by atoms with van der Waals surface area (Å²) in [7, 11) is 0. The van der Waals surface area contributed by atoms with Gasteiger partial charge in [0.05, 0.1) is 4.92 Å². The van der Waals surface area contributed by atoms with E-state index in [1.165, 1.54) is 18.3 Å². The van der Waals surface area contributed by atoms with Crippen LogP contribution in [0.15, 0.2) is 35.6 Å². The molecule has 78 valence electrons. The Kier molecular flexibility index (Phi) is 3.96. The van der Waals surface area contributed by atoms with Crippen molar-refractivity contribution in [2.24, 2.45) is 5.10 Å². The first-order chi connectivity index (χ1) is 7.24. The van der Waals surface area contributed by atoms with E-state index >= 15 is 0 Å². The summed E-state index contributed by atoms with van der Waals surface area (Å²) in [5, 5.41) is 14.1. The van der Waals surface area contributed by atoms with Gasteiger partial charge in [-0.3, -0.25) is 15.5 Å². The summed E-state index contributed by atoms with van der Waals surface area (Å²) in [5.74, 6) is 0.460. The van der Waals surface area contributed by atoms with E-state index in [9.17, 15) is 10.1 Å². The lowest BCUT2D eigenvalue weighted by Crippen LogP contribution is -1.93. The number of anilines is 1. The highest BCUT2D eigenvalue weighted by Gasteiger charge is 2.03. The van der Waals surface area contributed by atoms with Gasteiger partial charge in [-0.05, 0) is 19.1 Å². The Morgan fingerprint density at radius 2 is 2.40 bits per heavy atom. The predicted octanol–water partition coefficient (Wildman–Crippen LogP) is 1.96. The summed E-state index contributed by atoms with van der Waals surface area (Å²) >= 11 is 0. The minimum absolute atomic E-state index is 0.0435. The molecule has 0 saturated heterocycles. The number of hydrazone groups is 1. The number of rotatable bonds is 4. The summed E-state index contributed by atoms with van der Waals surface area (Å²) in [6, 6.07) is 2.85. The monoisotopic (exact) mass is 206 g/mol. The third-order valence-electron chi connectivity index (χ3n) is 1.49. The van der Waals surface area contributed by atoms with Gasteiger partial charge in [-0.15, -0.1) is 0 Å². The Morgan fingerprint density at radius 1 is 1.60 bits per heavy atom. The number of allylic oxidation sites excluding steroid dienone is 2. The molecule has 1 N–H and O–H groups in total. The van der Waals surface area contributed by atoms with Crippen LogP contribution in [-0.2, 0) is 0 Å². The second kappa shape index (κ2) is 5.48. The van der Waals surface area contributed by atoms with Gasteiger partial charge in [-0.25, -0.2) is 4.98 Å². The van der Waals surface area contributed by atoms with Crippen LogP contribution in [0.4, 0.5) is 11.5 Å². The normalized spacial score (nSPS) is 11.0. The zero-order valence-electron chi connectivity index (χ0n) is 8.12. The number of hydrogen-bond acceptors (Lipinski definition) is 5. The van der Waals surface area contributed by atoms with E-state index in [1.54, 1.807) is 12.3 Å². The van der Waals surface area contributed by atoms with E-state index in [-0.39, 0.29) is 5.69 Å². The first-order valence-electron chi connectivity index (χ1n) is 4.25. The van der Waals surface area contributed by atoms with Crippen LogP contribution in [-0.4, -0.2) is 16.1 Å². The van der Waals surface area contributed by atoms with Gasteiger partial charge in [-0.1, -0.05) is 6.08 Å². The van der Waals surface area contributed by atoms with E-state index in [4.69, 9.17) is 0 Å². The zero-order chi connectivity index (χ0) is 11.1. The van der Waals surface area contributed by atoms with Crippen molar-refractivity contribution in [1.82, 2.24) is 4.98 Å². The molecule has 0 aliphatic rings. The minimum atomic E-state index is -0.500. The molecule has 0 aliphatic heterocycles. The molecule has 0 unspecified atom stereocenters. The van der Waals surface area contributed by atoms with Crippen LogP contribution < -0.4 is 5.43 Å². The molecule has 0 aromatic carbocycles. The maximum absolute atomic E-state index is 10.3. The molecule has 15 heavy (non-hydrogen) atoms. The van der Waals surface area contributed by atoms with Gasteiger partial charge in [0.15, 0.2) is 0 Å². The third-order valence-corrected chi connectivity index (χ3v) is 1.49. The summed E-state index contributed by atoms with van der Waals surface area (Å²) in [5.41, 5.74) is 2.59. The molecule has 1 rings (SSSR count). The molecule has 0 bridgehead atoms. The van der Waals surface area contributed by atoms with Crippen molar-refractivity contribution in [3.63, 3.8) is 0 Å². The third kappa shape index (κ3) is 3.55. The average molecular weight is 206 g/mol. The second-order valence-electron chi connectivity index (χ2n) is 2.57. The molecule has 0 amide bonds. The van der Waals surface area contributed by atoms with Crippen molar-refractivity contribution in [2.75, 3.05) is 5.43 Å². The molecule has 6 nitrogen and oxygen atoms in total. The topological polar surface area (TPSA) is 80.4 Å². The average Bonchev–Trinajstić information content (AvgIpc) is 2.25. The van der Waals surface area contributed by atoms with Crippen LogP contribution in [0.1, 0.15) is 6.92 Å². The largest absolute Gasteiger partial charge is 0.287 e. The van der Waals surface area contributed by atoms with E-state index in [0.717, 1.165) is 0 Å². The van der Waals surface area contributed by atoms with Gasteiger partial charge in [0, 0.05) is 12.3 Å². The molecule has 0 saturated carbocycles. The molecular weight excluding hydrogens is 196 g/mol. The summed E-state index contributed by atoms with van der Waals surface area (Å²) in [6.07, 6.45) is 6.31. The molecule has 0 radical (unpaired) electrons. The first kappa shape index (κ1) is 10.8. The summed E-state index contributed by atoms with van der Waals surface area (Å²) in [6.45, 7) is 1.87. The Morgan fingerprint density at radius 3 is 2.93 bits per heavy atom. The van der Waals surface area contributed by atoms with Crippen LogP contribution in [0.2, 0.25) is 0 Å². The number of nitrogens with one attached hydrogen (secondary N) is 1. The highest BCUT2D eigenvalue weighted by molar-refractivity contribution is 5.71. The van der Waals surface area contributed by atoms with E-state index in [2.05, 4.69) is 15.5 Å². The van der Waals surface area contributed by atoms with E-state index in [0.29, 0.717) is 5.82 Å². The quantitative estimate of drug-likeness (QED) is 0.464. The standard InChI is InChI=1S/C9H10N4O2/c1-2-3-6-11-12-9-5-4-8(7-10-9)13(14)15/h2-7H,1H3,(H,10,12)/b3-2-,11-6+. The van der Waals surface area contributed by atoms with Crippen LogP contribution in [0, 0.1) is 10.1 Å². The van der Waals surface area contributed by atoms with E-state index in [1.807, 2.05) is 13.0 Å². The Hall–Kier alpha value is -2.24. The molecule has 0 aliphatic carbocycles. The fraction of sp³-hybridized carbons (Fsp3) is 0.111. The molecule has 1 aromatic heterocycles. The zero-order valence-corrected chi connectivity index (χ0v) is 8.12. The SMILES string of the molecule is C/C=C\C=N\Nc1ccc([N+](=O)[O-])cn1. The molecular formula is C9H10N4O2. The Labute approximate surface area is 86.5 Å². The van der Waals surface area contributed by atoms with Crippen LogP contribution >= 0.6 is 0 Å². The molecule has 0 fully saturated rings.